The van der Waals surface area contributed by atoms with Gasteiger partial charge in [0.05, 0.1) is 0 Å². The predicted molar refractivity (Wildman–Crippen MR) is 83.1 cm³/mol. The van der Waals surface area contributed by atoms with Crippen LogP contribution < -0.4 is 5.32 Å². The molecule has 0 amide bonds. The summed E-state index contributed by atoms with van der Waals surface area (Å²) >= 11 is 1.65. The van der Waals surface area contributed by atoms with E-state index < -0.39 is 0 Å². The molecule has 0 aliphatic rings. The molecule has 1 aromatic carbocycles. The van der Waals surface area contributed by atoms with Crippen LogP contribution in [-0.4, -0.2) is 11.8 Å². The Morgan fingerprint density at radius 3 is 2.42 bits per heavy atom. The van der Waals surface area contributed by atoms with E-state index in [-0.39, 0.29) is 5.82 Å². The second-order valence-corrected chi connectivity index (χ2v) is 7.21. The molecule has 1 rings (SSSR count). The van der Waals surface area contributed by atoms with Crippen molar-refractivity contribution in [3.63, 3.8) is 0 Å². The van der Waals surface area contributed by atoms with Gasteiger partial charge in [-0.25, -0.2) is 4.39 Å². The highest BCUT2D eigenvalue weighted by Crippen LogP contribution is 2.32. The van der Waals surface area contributed by atoms with Crippen molar-refractivity contribution in [3.05, 3.63) is 29.6 Å². The molecule has 0 saturated heterocycles. The van der Waals surface area contributed by atoms with Gasteiger partial charge in [-0.1, -0.05) is 46.8 Å². The Morgan fingerprint density at radius 2 is 1.84 bits per heavy atom. The molecule has 0 fully saturated rings. The third-order valence-corrected chi connectivity index (χ3v) is 4.77. The van der Waals surface area contributed by atoms with Crippen LogP contribution in [-0.2, 0) is 6.54 Å². The van der Waals surface area contributed by atoms with Crippen LogP contribution >= 0.6 is 11.8 Å². The highest BCUT2D eigenvalue weighted by Gasteiger charge is 2.15. The summed E-state index contributed by atoms with van der Waals surface area (Å²) in [5, 5.41) is 3.81. The Bertz CT molecular complexity index is 390. The van der Waals surface area contributed by atoms with Gasteiger partial charge >= 0.3 is 0 Å². The molecule has 0 radical (unpaired) electrons. The first kappa shape index (κ1) is 16.5. The van der Waals surface area contributed by atoms with E-state index in [1.165, 1.54) is 0 Å². The lowest BCUT2D eigenvalue weighted by atomic mass is 10.1. The minimum atomic E-state index is -0.0960. The fraction of sp³-hybridized carbons (Fsp3) is 0.625. The molecule has 3 heteroatoms. The van der Waals surface area contributed by atoms with Gasteiger partial charge in [-0.15, -0.1) is 11.8 Å². The molecule has 0 bridgehead atoms. The highest BCUT2D eigenvalue weighted by molar-refractivity contribution is 8.00. The lowest BCUT2D eigenvalue weighted by Crippen LogP contribution is -2.19. The Kier molecular flexibility index (Phi) is 6.87. The van der Waals surface area contributed by atoms with Crippen molar-refractivity contribution in [1.29, 1.82) is 0 Å². The van der Waals surface area contributed by atoms with Gasteiger partial charge in [0.15, 0.2) is 0 Å². The fourth-order valence-electron chi connectivity index (χ4n) is 1.64. The van der Waals surface area contributed by atoms with Gasteiger partial charge in [0.25, 0.3) is 0 Å². The number of nitrogens with one attached hydrogen (secondary N) is 1. The van der Waals surface area contributed by atoms with Crippen molar-refractivity contribution in [3.8, 4) is 0 Å². The van der Waals surface area contributed by atoms with Crippen LogP contribution in [0.3, 0.4) is 0 Å². The largest absolute Gasteiger partial charge is 0.312 e. The van der Waals surface area contributed by atoms with Gasteiger partial charge in [-0.2, -0.15) is 0 Å². The van der Waals surface area contributed by atoms with Gasteiger partial charge in [0.2, 0.25) is 0 Å². The minimum Gasteiger partial charge on any atom is -0.312 e. The normalized spacial score (nSPS) is 13.3. The van der Waals surface area contributed by atoms with Gasteiger partial charge in [0, 0.05) is 16.7 Å². The SMILES string of the molecule is CC(C)CNCc1cccc(F)c1SC(C)C(C)C. The summed E-state index contributed by atoms with van der Waals surface area (Å²) in [6.07, 6.45) is 0. The van der Waals surface area contributed by atoms with Crippen molar-refractivity contribution in [2.45, 2.75) is 51.3 Å². The zero-order valence-corrected chi connectivity index (χ0v) is 13.5. The van der Waals surface area contributed by atoms with Crippen molar-refractivity contribution in [2.75, 3.05) is 6.54 Å². The number of halogens is 1. The average Bonchev–Trinajstić information content (AvgIpc) is 2.32. The maximum Gasteiger partial charge on any atom is 0.137 e. The van der Waals surface area contributed by atoms with Crippen LogP contribution in [0.4, 0.5) is 4.39 Å². The summed E-state index contributed by atoms with van der Waals surface area (Å²) in [7, 11) is 0. The fourth-order valence-corrected chi connectivity index (χ4v) is 2.76. The average molecular weight is 283 g/mol. The smallest absolute Gasteiger partial charge is 0.137 e. The van der Waals surface area contributed by atoms with Crippen LogP contribution in [0.2, 0.25) is 0 Å². The number of hydrogen-bond donors (Lipinski definition) is 1. The number of thioether (sulfide) groups is 1. The third kappa shape index (κ3) is 5.53. The van der Waals surface area contributed by atoms with E-state index in [4.69, 9.17) is 0 Å². The topological polar surface area (TPSA) is 12.0 Å². The molecule has 0 saturated carbocycles. The third-order valence-electron chi connectivity index (χ3n) is 3.16. The molecule has 0 aromatic heterocycles. The second-order valence-electron chi connectivity index (χ2n) is 5.82. The first-order valence-corrected chi connectivity index (χ1v) is 7.94. The molecule has 0 aliphatic carbocycles. The Balaban J connectivity index is 2.77. The minimum absolute atomic E-state index is 0.0960. The molecule has 0 spiro atoms. The second kappa shape index (κ2) is 7.91. The molecular formula is C16H26FNS. The molecule has 1 N–H and O–H groups in total. The maximum atomic E-state index is 14.0. The molecule has 1 unspecified atom stereocenters. The Morgan fingerprint density at radius 1 is 1.16 bits per heavy atom. The van der Waals surface area contributed by atoms with E-state index in [1.807, 2.05) is 6.07 Å². The standard InChI is InChI=1S/C16H26FNS/c1-11(2)9-18-10-14-7-6-8-15(17)16(14)19-13(5)12(3)4/h6-8,11-13,18H,9-10H2,1-5H3. The first-order chi connectivity index (χ1) is 8.91. The van der Waals surface area contributed by atoms with E-state index >= 15 is 0 Å². The molecular weight excluding hydrogens is 257 g/mol. The number of benzene rings is 1. The van der Waals surface area contributed by atoms with E-state index in [1.54, 1.807) is 23.9 Å². The van der Waals surface area contributed by atoms with Crippen LogP contribution in [0.15, 0.2) is 23.1 Å². The van der Waals surface area contributed by atoms with Crippen LogP contribution in [0.25, 0.3) is 0 Å². The maximum absolute atomic E-state index is 14.0. The van der Waals surface area contributed by atoms with Gasteiger partial charge in [-0.3, -0.25) is 0 Å². The monoisotopic (exact) mass is 283 g/mol. The zero-order valence-electron chi connectivity index (χ0n) is 12.7. The molecule has 19 heavy (non-hydrogen) atoms. The van der Waals surface area contributed by atoms with E-state index in [9.17, 15) is 4.39 Å². The number of rotatable bonds is 7. The summed E-state index contributed by atoms with van der Waals surface area (Å²) in [5.41, 5.74) is 1.07. The quantitative estimate of drug-likeness (QED) is 0.727. The molecule has 1 aromatic rings. The van der Waals surface area contributed by atoms with Crippen molar-refractivity contribution >= 4 is 11.8 Å². The predicted octanol–water partition coefficient (Wildman–Crippen LogP) is 4.71. The summed E-state index contributed by atoms with van der Waals surface area (Å²) in [6.45, 7) is 12.6. The highest BCUT2D eigenvalue weighted by atomic mass is 32.2. The first-order valence-electron chi connectivity index (χ1n) is 7.06. The summed E-state index contributed by atoms with van der Waals surface area (Å²) in [6, 6.07) is 5.37. The summed E-state index contributed by atoms with van der Waals surface area (Å²) in [4.78, 5) is 0.806. The Labute approximate surface area is 121 Å². The van der Waals surface area contributed by atoms with E-state index in [2.05, 4.69) is 39.9 Å². The van der Waals surface area contributed by atoms with E-state index in [0.717, 1.165) is 23.5 Å². The van der Waals surface area contributed by atoms with Crippen LogP contribution in [0.1, 0.15) is 40.2 Å². The summed E-state index contributed by atoms with van der Waals surface area (Å²) < 4.78 is 14.0. The zero-order chi connectivity index (χ0) is 14.4. The van der Waals surface area contributed by atoms with Gasteiger partial charge in [0.1, 0.15) is 5.82 Å². The number of hydrogen-bond acceptors (Lipinski definition) is 2. The van der Waals surface area contributed by atoms with Crippen molar-refractivity contribution in [1.82, 2.24) is 5.32 Å². The van der Waals surface area contributed by atoms with Crippen molar-refractivity contribution in [2.24, 2.45) is 11.8 Å². The Hall–Kier alpha value is -0.540. The molecule has 0 aliphatic heterocycles. The molecule has 1 atom stereocenters. The van der Waals surface area contributed by atoms with Crippen LogP contribution in [0, 0.1) is 17.7 Å². The lowest BCUT2D eigenvalue weighted by molar-refractivity contribution is 0.542. The van der Waals surface area contributed by atoms with Gasteiger partial charge < -0.3 is 5.32 Å². The van der Waals surface area contributed by atoms with Crippen molar-refractivity contribution < 1.29 is 4.39 Å². The molecule has 0 heterocycles. The van der Waals surface area contributed by atoms with E-state index in [0.29, 0.717) is 17.1 Å². The summed E-state index contributed by atoms with van der Waals surface area (Å²) in [5.74, 6) is 1.06. The molecule has 108 valence electrons. The van der Waals surface area contributed by atoms with Gasteiger partial charge in [-0.05, 0) is 30.0 Å². The lowest BCUT2D eigenvalue weighted by Gasteiger charge is -2.18. The van der Waals surface area contributed by atoms with Crippen LogP contribution in [0.5, 0.6) is 0 Å². The molecule has 1 nitrogen and oxygen atoms in total.